The van der Waals surface area contributed by atoms with Crippen molar-refractivity contribution in [3.8, 4) is 0 Å². The molecule has 5 heteroatoms. The number of carbonyl (C=O) groups excluding carboxylic acids is 1. The smallest absolute Gasteiger partial charge is 0.317 e. The van der Waals surface area contributed by atoms with Crippen molar-refractivity contribution in [2.45, 2.75) is 51.1 Å². The van der Waals surface area contributed by atoms with Crippen LogP contribution in [0.25, 0.3) is 0 Å². The van der Waals surface area contributed by atoms with Crippen LogP contribution in [0.3, 0.4) is 0 Å². The number of thioether (sulfide) groups is 1. The maximum Gasteiger partial charge on any atom is 0.317 e. The number of urea groups is 1. The summed E-state index contributed by atoms with van der Waals surface area (Å²) < 4.78 is 0. The molecule has 2 fully saturated rings. The van der Waals surface area contributed by atoms with E-state index in [0.717, 1.165) is 37.5 Å². The van der Waals surface area contributed by atoms with E-state index in [1.165, 1.54) is 25.1 Å². The predicted octanol–water partition coefficient (Wildman–Crippen LogP) is 2.64. The van der Waals surface area contributed by atoms with Gasteiger partial charge in [0.25, 0.3) is 0 Å². The van der Waals surface area contributed by atoms with E-state index in [1.807, 2.05) is 16.7 Å². The van der Waals surface area contributed by atoms with Crippen molar-refractivity contribution in [2.24, 2.45) is 5.92 Å². The highest BCUT2D eigenvalue weighted by atomic mass is 32.2. The lowest BCUT2D eigenvalue weighted by atomic mass is 9.86. The summed E-state index contributed by atoms with van der Waals surface area (Å²) in [5.74, 6) is 3.06. The van der Waals surface area contributed by atoms with E-state index in [0.29, 0.717) is 12.1 Å². The Morgan fingerprint density at radius 2 is 1.90 bits per heavy atom. The van der Waals surface area contributed by atoms with Crippen LogP contribution in [0.4, 0.5) is 4.79 Å². The van der Waals surface area contributed by atoms with Crippen LogP contribution in [0.15, 0.2) is 0 Å². The van der Waals surface area contributed by atoms with E-state index >= 15 is 0 Å². The zero-order valence-electron chi connectivity index (χ0n) is 13.8. The molecule has 2 rings (SSSR count). The van der Waals surface area contributed by atoms with Crippen molar-refractivity contribution in [3.63, 3.8) is 0 Å². The minimum atomic E-state index is 0.168. The summed E-state index contributed by atoms with van der Waals surface area (Å²) in [7, 11) is 4.29. The van der Waals surface area contributed by atoms with Gasteiger partial charge in [-0.2, -0.15) is 11.8 Å². The molecule has 2 aliphatic rings. The van der Waals surface area contributed by atoms with Gasteiger partial charge in [-0.05, 0) is 64.8 Å². The van der Waals surface area contributed by atoms with Crippen LogP contribution in [0.2, 0.25) is 0 Å². The fourth-order valence-corrected chi connectivity index (χ4v) is 4.50. The predicted molar refractivity (Wildman–Crippen MR) is 90.9 cm³/mol. The molecule has 1 saturated carbocycles. The molecular formula is C16H31N3OS. The second kappa shape index (κ2) is 8.28. The number of hydrogen-bond acceptors (Lipinski definition) is 3. The molecule has 0 aromatic rings. The summed E-state index contributed by atoms with van der Waals surface area (Å²) in [6.45, 7) is 4.26. The molecule has 0 aromatic carbocycles. The van der Waals surface area contributed by atoms with E-state index in [2.05, 4.69) is 31.2 Å². The summed E-state index contributed by atoms with van der Waals surface area (Å²) >= 11 is 1.97. The van der Waals surface area contributed by atoms with Gasteiger partial charge in [0.1, 0.15) is 0 Å². The van der Waals surface area contributed by atoms with Gasteiger partial charge in [0.05, 0.1) is 0 Å². The number of rotatable bonds is 3. The third-order valence-electron chi connectivity index (χ3n) is 4.75. The minimum Gasteiger partial charge on any atom is -0.335 e. The molecule has 1 atom stereocenters. The average Bonchev–Trinajstić information content (AvgIpc) is 2.65. The Labute approximate surface area is 134 Å². The second-order valence-corrected chi connectivity index (χ2v) is 8.10. The summed E-state index contributed by atoms with van der Waals surface area (Å²) in [5.41, 5.74) is 0. The molecule has 0 spiro atoms. The van der Waals surface area contributed by atoms with E-state index in [-0.39, 0.29) is 6.03 Å². The van der Waals surface area contributed by atoms with E-state index < -0.39 is 0 Å². The van der Waals surface area contributed by atoms with Crippen LogP contribution in [-0.2, 0) is 0 Å². The van der Waals surface area contributed by atoms with Crippen LogP contribution < -0.4 is 5.32 Å². The summed E-state index contributed by atoms with van der Waals surface area (Å²) in [5, 5.41) is 3.28. The molecule has 0 bridgehead atoms. The fourth-order valence-electron chi connectivity index (χ4n) is 3.46. The van der Waals surface area contributed by atoms with Gasteiger partial charge in [0.15, 0.2) is 0 Å². The molecule has 1 unspecified atom stereocenters. The number of nitrogens with one attached hydrogen (secondary N) is 1. The highest BCUT2D eigenvalue weighted by Gasteiger charge is 2.27. The Balaban J connectivity index is 1.75. The largest absolute Gasteiger partial charge is 0.335 e. The van der Waals surface area contributed by atoms with Crippen LogP contribution in [-0.4, -0.2) is 66.6 Å². The molecule has 1 N–H and O–H groups in total. The molecule has 21 heavy (non-hydrogen) atoms. The molecule has 0 radical (unpaired) electrons. The Hall–Kier alpha value is -0.420. The first kappa shape index (κ1) is 16.9. The quantitative estimate of drug-likeness (QED) is 0.870. The van der Waals surface area contributed by atoms with Crippen molar-refractivity contribution in [2.75, 3.05) is 38.7 Å². The lowest BCUT2D eigenvalue weighted by Gasteiger charge is -2.33. The maximum absolute atomic E-state index is 12.5. The lowest BCUT2D eigenvalue weighted by molar-refractivity contribution is 0.170. The molecule has 4 nitrogen and oxygen atoms in total. The van der Waals surface area contributed by atoms with Crippen LogP contribution in [0.5, 0.6) is 0 Å². The first-order valence-electron chi connectivity index (χ1n) is 8.36. The van der Waals surface area contributed by atoms with Crippen molar-refractivity contribution in [1.29, 1.82) is 0 Å². The van der Waals surface area contributed by atoms with Gasteiger partial charge >= 0.3 is 6.03 Å². The molecule has 1 heterocycles. The SMILES string of the molecule is CC1CCSCCN1C(=O)NC1CCC(CN(C)C)CC1. The first-order valence-corrected chi connectivity index (χ1v) is 9.51. The van der Waals surface area contributed by atoms with Gasteiger partial charge in [0.2, 0.25) is 0 Å². The molecule has 1 aliphatic carbocycles. The molecule has 0 aromatic heterocycles. The maximum atomic E-state index is 12.5. The molecule has 2 amide bonds. The summed E-state index contributed by atoms with van der Waals surface area (Å²) in [4.78, 5) is 16.8. The van der Waals surface area contributed by atoms with Gasteiger partial charge in [0, 0.05) is 30.9 Å². The zero-order valence-corrected chi connectivity index (χ0v) is 14.6. The molecule has 1 saturated heterocycles. The normalized spacial score (nSPS) is 31.0. The third kappa shape index (κ3) is 5.37. The van der Waals surface area contributed by atoms with Crippen LogP contribution in [0, 0.1) is 5.92 Å². The van der Waals surface area contributed by atoms with Gasteiger partial charge < -0.3 is 15.1 Å². The molecular weight excluding hydrogens is 282 g/mol. The standard InChI is InChI=1S/C16H31N3OS/c1-13-8-10-21-11-9-19(13)16(20)17-15-6-4-14(5-7-15)12-18(2)3/h13-15H,4-12H2,1-3H3,(H,17,20). The Kier molecular flexibility index (Phi) is 6.68. The highest BCUT2D eigenvalue weighted by molar-refractivity contribution is 7.99. The summed E-state index contributed by atoms with van der Waals surface area (Å²) in [6.07, 6.45) is 5.89. The van der Waals surface area contributed by atoms with Gasteiger partial charge in [-0.3, -0.25) is 0 Å². The Morgan fingerprint density at radius 3 is 2.57 bits per heavy atom. The number of carbonyl (C=O) groups is 1. The van der Waals surface area contributed by atoms with E-state index in [9.17, 15) is 4.79 Å². The van der Waals surface area contributed by atoms with Crippen molar-refractivity contribution in [1.82, 2.24) is 15.1 Å². The van der Waals surface area contributed by atoms with Crippen molar-refractivity contribution < 1.29 is 4.79 Å². The summed E-state index contributed by atoms with van der Waals surface area (Å²) in [6, 6.07) is 0.935. The number of hydrogen-bond donors (Lipinski definition) is 1. The zero-order chi connectivity index (χ0) is 15.2. The van der Waals surface area contributed by atoms with Gasteiger partial charge in [-0.25, -0.2) is 4.79 Å². The average molecular weight is 314 g/mol. The second-order valence-electron chi connectivity index (χ2n) is 6.87. The lowest BCUT2D eigenvalue weighted by Crippen LogP contribution is -2.49. The molecule has 122 valence electrons. The highest BCUT2D eigenvalue weighted by Crippen LogP contribution is 2.25. The topological polar surface area (TPSA) is 35.6 Å². The van der Waals surface area contributed by atoms with Gasteiger partial charge in [-0.1, -0.05) is 0 Å². The molecule has 1 aliphatic heterocycles. The van der Waals surface area contributed by atoms with Crippen molar-refractivity contribution in [3.05, 3.63) is 0 Å². The van der Waals surface area contributed by atoms with Gasteiger partial charge in [-0.15, -0.1) is 0 Å². The van der Waals surface area contributed by atoms with Crippen LogP contribution in [0.1, 0.15) is 39.0 Å². The number of amides is 2. The monoisotopic (exact) mass is 313 g/mol. The van der Waals surface area contributed by atoms with Crippen molar-refractivity contribution >= 4 is 17.8 Å². The Bertz CT molecular complexity index is 329. The first-order chi connectivity index (χ1) is 10.1. The minimum absolute atomic E-state index is 0.168. The Morgan fingerprint density at radius 1 is 1.19 bits per heavy atom. The fraction of sp³-hybridized carbons (Fsp3) is 0.938. The number of nitrogens with zero attached hydrogens (tertiary/aromatic N) is 2. The van der Waals surface area contributed by atoms with E-state index in [1.54, 1.807) is 0 Å². The van der Waals surface area contributed by atoms with Crippen LogP contribution >= 0.6 is 11.8 Å². The van der Waals surface area contributed by atoms with E-state index in [4.69, 9.17) is 0 Å². The third-order valence-corrected chi connectivity index (χ3v) is 5.74.